The molecule has 0 radical (unpaired) electrons. The largest absolute Gasteiger partial charge is 0.481 e. The maximum absolute atomic E-state index is 11.6. The fourth-order valence-corrected chi connectivity index (χ4v) is 4.41. The highest BCUT2D eigenvalue weighted by Gasteiger charge is 2.28. The van der Waals surface area contributed by atoms with E-state index in [1.165, 1.54) is 12.1 Å². The molecule has 0 amide bonds. The number of carbonyl (C=O) groups is 2. The molecule has 0 fully saturated rings. The second kappa shape index (κ2) is 10.9. The van der Waals surface area contributed by atoms with Crippen LogP contribution in [0.15, 0.2) is 48.5 Å². The second-order valence-corrected chi connectivity index (χ2v) is 8.65. The molecular formula is C27H27NO8. The summed E-state index contributed by atoms with van der Waals surface area (Å²) < 4.78 is 11.4. The van der Waals surface area contributed by atoms with Gasteiger partial charge in [0.05, 0.1) is 4.92 Å². The van der Waals surface area contributed by atoms with Crippen LogP contribution in [0.4, 0.5) is 5.69 Å². The van der Waals surface area contributed by atoms with Crippen LogP contribution in [0, 0.1) is 37.8 Å². The standard InChI is InChI=1S/C27H27NO8/c1-15-8-17(3)26(35-13-23(29)30)21(10-15)25(19-6-5-7-20(12-19)28(33)34)22-11-16(2)9-18(4)27(22)36-14-24(31)32/h5-12,25H,13-14H2,1-4H3,(H,29,30)(H,31,32). The molecule has 2 N–H and O–H groups in total. The summed E-state index contributed by atoms with van der Waals surface area (Å²) in [6, 6.07) is 13.5. The summed E-state index contributed by atoms with van der Waals surface area (Å²) in [6.07, 6.45) is 0. The Morgan fingerprint density at radius 2 is 1.31 bits per heavy atom. The fourth-order valence-electron chi connectivity index (χ4n) is 4.41. The number of benzene rings is 3. The zero-order valence-electron chi connectivity index (χ0n) is 20.4. The van der Waals surface area contributed by atoms with Crippen molar-refractivity contribution >= 4 is 17.6 Å². The Labute approximate surface area is 208 Å². The third-order valence-corrected chi connectivity index (χ3v) is 5.61. The lowest BCUT2D eigenvalue weighted by molar-refractivity contribution is -0.384. The number of aliphatic carboxylic acids is 2. The fraction of sp³-hybridized carbons (Fsp3) is 0.259. The molecule has 9 nitrogen and oxygen atoms in total. The SMILES string of the molecule is Cc1cc(C)c(OCC(=O)O)c(C(c2cccc([N+](=O)[O-])c2)c2cc(C)cc(C)c2OCC(=O)O)c1. The molecule has 3 aromatic carbocycles. The van der Waals surface area contributed by atoms with Crippen molar-refractivity contribution in [2.45, 2.75) is 33.6 Å². The van der Waals surface area contributed by atoms with Crippen molar-refractivity contribution in [3.8, 4) is 11.5 Å². The van der Waals surface area contributed by atoms with Crippen molar-refractivity contribution in [2.24, 2.45) is 0 Å². The zero-order chi connectivity index (χ0) is 26.6. The van der Waals surface area contributed by atoms with E-state index in [0.29, 0.717) is 39.3 Å². The van der Waals surface area contributed by atoms with Crippen molar-refractivity contribution < 1.29 is 34.2 Å². The highest BCUT2D eigenvalue weighted by Crippen LogP contribution is 2.44. The first-order chi connectivity index (χ1) is 17.0. The van der Waals surface area contributed by atoms with Crippen LogP contribution in [0.5, 0.6) is 11.5 Å². The minimum Gasteiger partial charge on any atom is -0.481 e. The van der Waals surface area contributed by atoms with Gasteiger partial charge in [-0.1, -0.05) is 47.5 Å². The molecule has 0 saturated heterocycles. The highest BCUT2D eigenvalue weighted by molar-refractivity contribution is 5.70. The maximum Gasteiger partial charge on any atom is 0.341 e. The average molecular weight is 494 g/mol. The van der Waals surface area contributed by atoms with Crippen molar-refractivity contribution in [3.05, 3.63) is 97.6 Å². The lowest BCUT2D eigenvalue weighted by atomic mass is 9.81. The van der Waals surface area contributed by atoms with E-state index < -0.39 is 36.0 Å². The minimum atomic E-state index is -1.15. The number of hydrogen-bond acceptors (Lipinski definition) is 6. The molecule has 36 heavy (non-hydrogen) atoms. The summed E-state index contributed by atoms with van der Waals surface area (Å²) in [6.45, 7) is 6.20. The van der Waals surface area contributed by atoms with Gasteiger partial charge >= 0.3 is 11.9 Å². The van der Waals surface area contributed by atoms with Gasteiger partial charge in [0.2, 0.25) is 0 Å². The first kappa shape index (κ1) is 26.2. The van der Waals surface area contributed by atoms with Crippen LogP contribution in [0.2, 0.25) is 0 Å². The van der Waals surface area contributed by atoms with E-state index >= 15 is 0 Å². The van der Waals surface area contributed by atoms with Gasteiger partial charge < -0.3 is 19.7 Å². The van der Waals surface area contributed by atoms with Gasteiger partial charge in [-0.25, -0.2) is 9.59 Å². The van der Waals surface area contributed by atoms with Crippen molar-refractivity contribution in [1.82, 2.24) is 0 Å². The molecule has 0 unspecified atom stereocenters. The van der Waals surface area contributed by atoms with Crippen LogP contribution in [0.3, 0.4) is 0 Å². The number of aryl methyl sites for hydroxylation is 4. The molecular weight excluding hydrogens is 466 g/mol. The number of nitro benzene ring substituents is 1. The Morgan fingerprint density at radius 1 is 0.833 bits per heavy atom. The predicted molar refractivity (Wildman–Crippen MR) is 132 cm³/mol. The molecule has 0 bridgehead atoms. The van der Waals surface area contributed by atoms with E-state index in [1.807, 2.05) is 38.1 Å². The summed E-state index contributed by atoms with van der Waals surface area (Å²) in [5.74, 6) is -2.31. The van der Waals surface area contributed by atoms with Crippen molar-refractivity contribution in [2.75, 3.05) is 13.2 Å². The number of nitro groups is 1. The molecule has 9 heteroatoms. The van der Waals surface area contributed by atoms with E-state index in [-0.39, 0.29) is 5.69 Å². The molecule has 0 aliphatic rings. The van der Waals surface area contributed by atoms with Gasteiger partial charge in [0.25, 0.3) is 5.69 Å². The van der Waals surface area contributed by atoms with E-state index in [1.54, 1.807) is 26.0 Å². The Morgan fingerprint density at radius 3 is 1.72 bits per heavy atom. The monoisotopic (exact) mass is 493 g/mol. The Bertz CT molecular complexity index is 1260. The number of carboxylic acids is 2. The highest BCUT2D eigenvalue weighted by atomic mass is 16.6. The number of hydrogen-bond donors (Lipinski definition) is 2. The van der Waals surface area contributed by atoms with E-state index in [9.17, 15) is 29.9 Å². The first-order valence-corrected chi connectivity index (χ1v) is 11.1. The summed E-state index contributed by atoms with van der Waals surface area (Å²) in [7, 11) is 0. The van der Waals surface area contributed by atoms with Crippen LogP contribution in [0.25, 0.3) is 0 Å². The number of ether oxygens (including phenoxy) is 2. The second-order valence-electron chi connectivity index (χ2n) is 8.65. The van der Waals surface area contributed by atoms with Crippen LogP contribution in [-0.2, 0) is 9.59 Å². The smallest absolute Gasteiger partial charge is 0.341 e. The predicted octanol–water partition coefficient (Wildman–Crippen LogP) is 4.94. The van der Waals surface area contributed by atoms with Gasteiger partial charge in [0.1, 0.15) is 11.5 Å². The molecule has 0 aliphatic carbocycles. The van der Waals surface area contributed by atoms with E-state index in [2.05, 4.69) is 0 Å². The molecule has 3 aromatic rings. The Kier molecular flexibility index (Phi) is 7.93. The molecule has 0 spiro atoms. The Balaban J connectivity index is 2.38. The quantitative estimate of drug-likeness (QED) is 0.230. The number of nitrogens with zero attached hydrogens (tertiary/aromatic N) is 1. The van der Waals surface area contributed by atoms with Crippen LogP contribution in [0.1, 0.15) is 44.9 Å². The minimum absolute atomic E-state index is 0.118. The molecule has 0 heterocycles. The average Bonchev–Trinajstić information content (AvgIpc) is 2.77. The van der Waals surface area contributed by atoms with Gasteiger partial charge in [0.15, 0.2) is 13.2 Å². The third kappa shape index (κ3) is 5.99. The summed E-state index contributed by atoms with van der Waals surface area (Å²) in [5.41, 5.74) is 4.72. The van der Waals surface area contributed by atoms with Crippen molar-refractivity contribution in [1.29, 1.82) is 0 Å². The van der Waals surface area contributed by atoms with Crippen LogP contribution < -0.4 is 9.47 Å². The summed E-state index contributed by atoms with van der Waals surface area (Å²) in [4.78, 5) is 33.7. The van der Waals surface area contributed by atoms with Gasteiger partial charge in [-0.2, -0.15) is 0 Å². The normalized spacial score (nSPS) is 10.8. The van der Waals surface area contributed by atoms with Crippen LogP contribution in [-0.4, -0.2) is 40.3 Å². The molecule has 188 valence electrons. The number of non-ortho nitro benzene ring substituents is 1. The molecule has 0 aliphatic heterocycles. The van der Waals surface area contributed by atoms with Gasteiger partial charge in [-0.05, 0) is 44.4 Å². The zero-order valence-corrected chi connectivity index (χ0v) is 20.4. The molecule has 3 rings (SSSR count). The topological polar surface area (TPSA) is 136 Å². The first-order valence-electron chi connectivity index (χ1n) is 11.1. The third-order valence-electron chi connectivity index (χ3n) is 5.61. The molecule has 0 saturated carbocycles. The number of rotatable bonds is 10. The maximum atomic E-state index is 11.6. The van der Waals surface area contributed by atoms with E-state index in [0.717, 1.165) is 11.1 Å². The number of carboxylic acid groups (broad SMARTS) is 2. The molecule has 0 aromatic heterocycles. The van der Waals surface area contributed by atoms with E-state index in [4.69, 9.17) is 9.47 Å². The Hall–Kier alpha value is -4.40. The lowest BCUT2D eigenvalue weighted by Crippen LogP contribution is -2.16. The molecule has 0 atom stereocenters. The summed E-state index contributed by atoms with van der Waals surface area (Å²) >= 11 is 0. The summed E-state index contributed by atoms with van der Waals surface area (Å²) in [5, 5.41) is 30.1. The van der Waals surface area contributed by atoms with Gasteiger partial charge in [-0.3, -0.25) is 10.1 Å². The van der Waals surface area contributed by atoms with Gasteiger partial charge in [0, 0.05) is 29.2 Å². The van der Waals surface area contributed by atoms with Gasteiger partial charge in [-0.15, -0.1) is 0 Å². The van der Waals surface area contributed by atoms with Crippen molar-refractivity contribution in [3.63, 3.8) is 0 Å². The van der Waals surface area contributed by atoms with Crippen LogP contribution >= 0.6 is 0 Å². The lowest BCUT2D eigenvalue weighted by Gasteiger charge is -2.26.